The van der Waals surface area contributed by atoms with Crippen molar-refractivity contribution < 1.29 is 23.0 Å². The van der Waals surface area contributed by atoms with Crippen LogP contribution in [0, 0.1) is 6.92 Å². The molecule has 0 fully saturated rings. The average Bonchev–Trinajstić information content (AvgIpc) is 2.61. The van der Waals surface area contributed by atoms with Crippen LogP contribution in [0.25, 0.3) is 0 Å². The molecular weight excluding hydrogens is 380 g/mol. The van der Waals surface area contributed by atoms with Gasteiger partial charge in [0.05, 0.1) is 25.3 Å². The van der Waals surface area contributed by atoms with Crippen LogP contribution in [-0.4, -0.2) is 34.0 Å². The van der Waals surface area contributed by atoms with E-state index in [1.54, 1.807) is 19.1 Å². The maximum atomic E-state index is 12.7. The number of hydrogen-bond donors (Lipinski definition) is 2. The van der Waals surface area contributed by atoms with Crippen molar-refractivity contribution in [3.63, 3.8) is 0 Å². The maximum Gasteiger partial charge on any atom is 0.276 e. The van der Waals surface area contributed by atoms with Gasteiger partial charge < -0.3 is 14.6 Å². The Morgan fingerprint density at radius 1 is 1.07 bits per heavy atom. The molecule has 152 valence electrons. The Labute approximate surface area is 166 Å². The fraction of sp³-hybridized carbons (Fsp3) is 0.350. The van der Waals surface area contributed by atoms with Gasteiger partial charge in [0.2, 0.25) is 5.75 Å². The summed E-state index contributed by atoms with van der Waals surface area (Å²) in [5, 5.41) is 13.8. The number of nitrogens with one attached hydrogen (secondary N) is 1. The number of hydrogen-bond acceptors (Lipinski definition) is 6. The van der Waals surface area contributed by atoms with Crippen molar-refractivity contribution >= 4 is 16.2 Å². The third kappa shape index (κ3) is 4.75. The number of phenolic OH excluding ortho intramolecular Hbond substituents is 1. The number of methoxy groups -OCH3 is 2. The van der Waals surface area contributed by atoms with Crippen LogP contribution in [0.3, 0.4) is 0 Å². The maximum absolute atomic E-state index is 12.7. The van der Waals surface area contributed by atoms with Crippen molar-refractivity contribution in [2.24, 2.45) is 5.10 Å². The summed E-state index contributed by atoms with van der Waals surface area (Å²) in [6.45, 7) is 7.79. The molecule has 8 heteroatoms. The van der Waals surface area contributed by atoms with E-state index >= 15 is 0 Å². The molecule has 2 rings (SSSR count). The summed E-state index contributed by atoms with van der Waals surface area (Å²) in [7, 11) is -1.03. The number of hydrazone groups is 1. The van der Waals surface area contributed by atoms with Crippen molar-refractivity contribution in [1.29, 1.82) is 0 Å². The van der Waals surface area contributed by atoms with Crippen LogP contribution in [-0.2, 0) is 15.4 Å². The lowest BCUT2D eigenvalue weighted by Gasteiger charge is -2.20. The van der Waals surface area contributed by atoms with Gasteiger partial charge in [-0.15, -0.1) is 0 Å². The molecule has 0 aliphatic rings. The number of benzene rings is 2. The molecule has 0 heterocycles. The Hall–Kier alpha value is -2.74. The van der Waals surface area contributed by atoms with E-state index in [0.717, 1.165) is 5.56 Å². The second-order valence-corrected chi connectivity index (χ2v) is 8.99. The largest absolute Gasteiger partial charge is 0.502 e. The van der Waals surface area contributed by atoms with E-state index < -0.39 is 10.0 Å². The molecule has 0 amide bonds. The minimum atomic E-state index is -3.84. The number of phenols is 1. The van der Waals surface area contributed by atoms with Gasteiger partial charge in [0.25, 0.3) is 10.0 Å². The normalized spacial score (nSPS) is 12.2. The third-order valence-electron chi connectivity index (χ3n) is 4.23. The lowest BCUT2D eigenvalue weighted by atomic mass is 9.87. The highest BCUT2D eigenvalue weighted by molar-refractivity contribution is 7.89. The molecule has 0 unspecified atom stereocenters. The highest BCUT2D eigenvalue weighted by Crippen LogP contribution is 2.36. The van der Waals surface area contributed by atoms with Crippen molar-refractivity contribution in [2.75, 3.05) is 14.2 Å². The van der Waals surface area contributed by atoms with Gasteiger partial charge >= 0.3 is 0 Å². The molecule has 0 radical (unpaired) electrons. The minimum absolute atomic E-state index is 0.141. The zero-order valence-corrected chi connectivity index (χ0v) is 17.7. The number of sulfonamides is 1. The molecule has 7 nitrogen and oxygen atoms in total. The first kappa shape index (κ1) is 21.6. The summed E-state index contributed by atoms with van der Waals surface area (Å²) in [6, 6.07) is 8.41. The number of nitrogens with zero attached hydrogens (tertiary/aromatic N) is 1. The first-order valence-corrected chi connectivity index (χ1v) is 10.1. The van der Waals surface area contributed by atoms with E-state index in [1.165, 1.54) is 32.6 Å². The molecule has 0 bridgehead atoms. The topological polar surface area (TPSA) is 97.2 Å². The van der Waals surface area contributed by atoms with Crippen molar-refractivity contribution in [2.45, 2.75) is 38.0 Å². The van der Waals surface area contributed by atoms with Crippen molar-refractivity contribution in [1.82, 2.24) is 4.83 Å². The summed E-state index contributed by atoms with van der Waals surface area (Å²) in [6.07, 6.45) is 1.31. The highest BCUT2D eigenvalue weighted by atomic mass is 32.2. The summed E-state index contributed by atoms with van der Waals surface area (Å²) in [5.41, 5.74) is 1.86. The summed E-state index contributed by atoms with van der Waals surface area (Å²) >= 11 is 0. The number of ether oxygens (including phenoxy) is 2. The van der Waals surface area contributed by atoms with Crippen LogP contribution in [0.2, 0.25) is 0 Å². The van der Waals surface area contributed by atoms with E-state index in [4.69, 9.17) is 9.47 Å². The first-order chi connectivity index (χ1) is 13.0. The van der Waals surface area contributed by atoms with Crippen LogP contribution in [0.5, 0.6) is 17.2 Å². The highest BCUT2D eigenvalue weighted by Gasteiger charge is 2.21. The van der Waals surface area contributed by atoms with Gasteiger partial charge in [-0.05, 0) is 41.7 Å². The zero-order chi connectivity index (χ0) is 21.1. The second kappa shape index (κ2) is 8.10. The predicted molar refractivity (Wildman–Crippen MR) is 109 cm³/mol. The first-order valence-electron chi connectivity index (χ1n) is 8.60. The predicted octanol–water partition coefficient (Wildman–Crippen LogP) is 3.33. The van der Waals surface area contributed by atoms with Gasteiger partial charge in [-0.1, -0.05) is 32.9 Å². The Morgan fingerprint density at radius 3 is 2.14 bits per heavy atom. The van der Waals surface area contributed by atoms with Crippen LogP contribution >= 0.6 is 0 Å². The van der Waals surface area contributed by atoms with Gasteiger partial charge in [0.1, 0.15) is 0 Å². The van der Waals surface area contributed by atoms with Gasteiger partial charge in [-0.25, -0.2) is 4.83 Å². The van der Waals surface area contributed by atoms with Crippen molar-refractivity contribution in [3.05, 3.63) is 47.0 Å². The Kier molecular flexibility index (Phi) is 6.23. The lowest BCUT2D eigenvalue weighted by molar-refractivity contribution is 0.340. The molecule has 28 heavy (non-hydrogen) atoms. The van der Waals surface area contributed by atoms with Crippen LogP contribution < -0.4 is 14.3 Å². The molecule has 0 spiro atoms. The van der Waals surface area contributed by atoms with Crippen LogP contribution in [0.15, 0.2) is 40.3 Å². The SMILES string of the molecule is COc1cc(/C=N/NS(=O)(=O)c2cc(C(C)(C)C)ccc2C)cc(OC)c1O. The molecule has 2 aromatic carbocycles. The Bertz CT molecular complexity index is 967. The quantitative estimate of drug-likeness (QED) is 0.566. The summed E-state index contributed by atoms with van der Waals surface area (Å²) in [4.78, 5) is 2.41. The minimum Gasteiger partial charge on any atom is -0.502 e. The fourth-order valence-electron chi connectivity index (χ4n) is 2.56. The van der Waals surface area contributed by atoms with Gasteiger partial charge in [-0.2, -0.15) is 13.5 Å². The molecule has 0 saturated heterocycles. The second-order valence-electron chi connectivity index (χ2n) is 7.36. The number of rotatable bonds is 6. The molecule has 0 aliphatic carbocycles. The molecule has 2 aromatic rings. The average molecular weight is 407 g/mol. The van der Waals surface area contributed by atoms with E-state index in [1.807, 2.05) is 26.8 Å². The Morgan fingerprint density at radius 2 is 1.64 bits per heavy atom. The number of aryl methyl sites for hydroxylation is 1. The number of aromatic hydroxyl groups is 1. The zero-order valence-electron chi connectivity index (χ0n) is 16.9. The summed E-state index contributed by atoms with van der Waals surface area (Å²) in [5.74, 6) is 0.243. The van der Waals surface area contributed by atoms with Gasteiger partial charge in [0.15, 0.2) is 11.5 Å². The molecule has 0 aliphatic heterocycles. The van der Waals surface area contributed by atoms with Crippen LogP contribution in [0.1, 0.15) is 37.5 Å². The fourth-order valence-corrected chi connectivity index (χ4v) is 3.63. The lowest BCUT2D eigenvalue weighted by Crippen LogP contribution is -2.21. The van der Waals surface area contributed by atoms with E-state index in [2.05, 4.69) is 9.93 Å². The van der Waals surface area contributed by atoms with E-state index in [9.17, 15) is 13.5 Å². The molecular formula is C20H26N2O5S. The monoisotopic (exact) mass is 406 g/mol. The van der Waals surface area contributed by atoms with E-state index in [-0.39, 0.29) is 27.6 Å². The molecule has 0 aromatic heterocycles. The standard InChI is InChI=1S/C20H26N2O5S/c1-13-7-8-15(20(2,3)4)11-18(13)28(24,25)22-21-12-14-9-16(26-5)19(23)17(10-14)27-6/h7-12,22-23H,1-6H3/b21-12+. The smallest absolute Gasteiger partial charge is 0.276 e. The van der Waals surface area contributed by atoms with Crippen LogP contribution in [0.4, 0.5) is 0 Å². The molecule has 0 atom stereocenters. The van der Waals surface area contributed by atoms with Crippen molar-refractivity contribution in [3.8, 4) is 17.2 Å². The van der Waals surface area contributed by atoms with Gasteiger partial charge in [0, 0.05) is 5.56 Å². The third-order valence-corrected chi connectivity index (χ3v) is 5.60. The summed E-state index contributed by atoms with van der Waals surface area (Å²) < 4.78 is 35.6. The molecule has 2 N–H and O–H groups in total. The van der Waals surface area contributed by atoms with Gasteiger partial charge in [-0.3, -0.25) is 0 Å². The Balaban J connectivity index is 2.32. The molecule has 0 saturated carbocycles. The van der Waals surface area contributed by atoms with E-state index in [0.29, 0.717) is 11.1 Å².